The van der Waals surface area contributed by atoms with E-state index in [1.165, 1.54) is 25.3 Å². The van der Waals surface area contributed by atoms with E-state index in [1.54, 1.807) is 4.90 Å². The van der Waals surface area contributed by atoms with E-state index in [-0.39, 0.29) is 23.6 Å². The number of aromatic nitrogens is 1. The van der Waals surface area contributed by atoms with Gasteiger partial charge in [0.25, 0.3) is 5.91 Å². The zero-order valence-electron chi connectivity index (χ0n) is 11.7. The average Bonchev–Trinajstić information content (AvgIpc) is 2.47. The van der Waals surface area contributed by atoms with Gasteiger partial charge < -0.3 is 15.3 Å². The number of amides is 2. The fourth-order valence-corrected chi connectivity index (χ4v) is 2.26. The van der Waals surface area contributed by atoms with E-state index < -0.39 is 5.97 Å². The Kier molecular flexibility index (Phi) is 4.52. The molecule has 2 rings (SSSR count). The van der Waals surface area contributed by atoms with Crippen LogP contribution in [0, 0.1) is 0 Å². The summed E-state index contributed by atoms with van der Waals surface area (Å²) in [6, 6.07) is 2.76. The first kappa shape index (κ1) is 15.0. The Bertz CT molecular complexity index is 548. The van der Waals surface area contributed by atoms with Crippen LogP contribution in [0.3, 0.4) is 0 Å². The van der Waals surface area contributed by atoms with Gasteiger partial charge in [-0.15, -0.1) is 0 Å². The number of likely N-dealkylation sites (tertiary alicyclic amines) is 1. The van der Waals surface area contributed by atoms with E-state index >= 15 is 0 Å². The van der Waals surface area contributed by atoms with Crippen molar-refractivity contribution in [2.24, 2.45) is 0 Å². The monoisotopic (exact) mass is 291 g/mol. The van der Waals surface area contributed by atoms with Gasteiger partial charge in [-0.25, -0.2) is 9.78 Å². The van der Waals surface area contributed by atoms with E-state index in [1.807, 2.05) is 0 Å². The lowest BCUT2D eigenvalue weighted by Crippen LogP contribution is -2.46. The Morgan fingerprint density at radius 1 is 1.29 bits per heavy atom. The van der Waals surface area contributed by atoms with Crippen molar-refractivity contribution in [1.82, 2.24) is 15.2 Å². The molecule has 0 aliphatic carbocycles. The highest BCUT2D eigenvalue weighted by molar-refractivity contribution is 5.95. The molecule has 0 unspecified atom stereocenters. The maximum Gasteiger partial charge on any atom is 0.354 e. The van der Waals surface area contributed by atoms with Crippen molar-refractivity contribution < 1.29 is 19.5 Å². The molecule has 0 spiro atoms. The minimum atomic E-state index is -1.13. The quantitative estimate of drug-likeness (QED) is 0.845. The molecule has 2 N–H and O–H groups in total. The molecule has 2 heterocycles. The summed E-state index contributed by atoms with van der Waals surface area (Å²) in [4.78, 5) is 39.4. The Balaban J connectivity index is 1.90. The predicted octanol–water partition coefficient (Wildman–Crippen LogP) is 0.520. The lowest BCUT2D eigenvalue weighted by atomic mass is 10.0. The highest BCUT2D eigenvalue weighted by Gasteiger charge is 2.22. The lowest BCUT2D eigenvalue weighted by molar-refractivity contribution is -0.129. The molecule has 1 aromatic heterocycles. The minimum absolute atomic E-state index is 0.0206. The number of hydrogen-bond acceptors (Lipinski definition) is 4. The Morgan fingerprint density at radius 2 is 1.95 bits per heavy atom. The predicted molar refractivity (Wildman–Crippen MR) is 73.9 cm³/mol. The van der Waals surface area contributed by atoms with Crippen LogP contribution in [-0.4, -0.2) is 51.9 Å². The molecule has 1 aliphatic rings. The molecule has 7 heteroatoms. The van der Waals surface area contributed by atoms with E-state index in [4.69, 9.17) is 5.11 Å². The van der Waals surface area contributed by atoms with Crippen LogP contribution in [0.25, 0.3) is 0 Å². The average molecular weight is 291 g/mol. The number of carbonyl (C=O) groups is 3. The van der Waals surface area contributed by atoms with Crippen LogP contribution in [-0.2, 0) is 4.79 Å². The van der Waals surface area contributed by atoms with Crippen LogP contribution in [0.4, 0.5) is 0 Å². The standard InChI is InChI=1S/C14H17N3O4/c1-9(18)17-6-4-11(5-7-17)16-13(19)10-2-3-12(14(20)21)15-8-10/h2-3,8,11H,4-7H2,1H3,(H,16,19)(H,20,21). The minimum Gasteiger partial charge on any atom is -0.477 e. The third-order valence-electron chi connectivity index (χ3n) is 3.52. The number of hydrogen-bond donors (Lipinski definition) is 2. The number of pyridine rings is 1. The molecule has 0 atom stereocenters. The number of carboxylic acid groups (broad SMARTS) is 1. The number of carboxylic acids is 1. The van der Waals surface area contributed by atoms with Gasteiger partial charge in [-0.2, -0.15) is 0 Å². The van der Waals surface area contributed by atoms with Crippen LogP contribution in [0.2, 0.25) is 0 Å². The van der Waals surface area contributed by atoms with E-state index in [9.17, 15) is 14.4 Å². The van der Waals surface area contributed by atoms with Crippen LogP contribution in [0.1, 0.15) is 40.6 Å². The summed E-state index contributed by atoms with van der Waals surface area (Å²) >= 11 is 0. The number of nitrogens with one attached hydrogen (secondary N) is 1. The molecular formula is C14H17N3O4. The van der Waals surface area contributed by atoms with Crippen molar-refractivity contribution in [2.45, 2.75) is 25.8 Å². The molecule has 0 radical (unpaired) electrons. The van der Waals surface area contributed by atoms with Crippen molar-refractivity contribution in [3.8, 4) is 0 Å². The largest absolute Gasteiger partial charge is 0.477 e. The molecule has 1 aromatic rings. The van der Waals surface area contributed by atoms with Gasteiger partial charge in [-0.1, -0.05) is 0 Å². The maximum absolute atomic E-state index is 12.0. The fraction of sp³-hybridized carbons (Fsp3) is 0.429. The van der Waals surface area contributed by atoms with Gasteiger partial charge in [0.1, 0.15) is 5.69 Å². The maximum atomic E-state index is 12.0. The van der Waals surface area contributed by atoms with Crippen LogP contribution < -0.4 is 5.32 Å². The zero-order chi connectivity index (χ0) is 15.4. The summed E-state index contributed by atoms with van der Waals surface area (Å²) in [6.45, 7) is 2.81. The van der Waals surface area contributed by atoms with Gasteiger partial charge in [0, 0.05) is 32.3 Å². The van der Waals surface area contributed by atoms with Gasteiger partial charge in [-0.05, 0) is 25.0 Å². The van der Waals surface area contributed by atoms with Crippen LogP contribution in [0.15, 0.2) is 18.3 Å². The normalized spacial score (nSPS) is 15.6. The molecule has 1 aliphatic heterocycles. The smallest absolute Gasteiger partial charge is 0.354 e. The lowest BCUT2D eigenvalue weighted by Gasteiger charge is -2.31. The highest BCUT2D eigenvalue weighted by Crippen LogP contribution is 2.11. The van der Waals surface area contributed by atoms with Crippen molar-refractivity contribution in [1.29, 1.82) is 0 Å². The first-order chi connectivity index (χ1) is 9.97. The first-order valence-electron chi connectivity index (χ1n) is 6.73. The van der Waals surface area contributed by atoms with Crippen LogP contribution >= 0.6 is 0 Å². The fourth-order valence-electron chi connectivity index (χ4n) is 2.26. The first-order valence-corrected chi connectivity index (χ1v) is 6.73. The van der Waals surface area contributed by atoms with Gasteiger partial charge >= 0.3 is 5.97 Å². The third kappa shape index (κ3) is 3.77. The second-order valence-corrected chi connectivity index (χ2v) is 4.99. The van der Waals surface area contributed by atoms with Crippen LogP contribution in [0.5, 0.6) is 0 Å². The van der Waals surface area contributed by atoms with E-state index in [0.717, 1.165) is 0 Å². The van der Waals surface area contributed by atoms with Crippen molar-refractivity contribution in [2.75, 3.05) is 13.1 Å². The molecule has 0 aromatic carbocycles. The molecule has 112 valence electrons. The number of rotatable bonds is 3. The Labute approximate surface area is 122 Å². The summed E-state index contributed by atoms with van der Waals surface area (Å²) in [6.07, 6.45) is 2.68. The second kappa shape index (κ2) is 6.34. The van der Waals surface area contributed by atoms with E-state index in [2.05, 4.69) is 10.3 Å². The molecule has 21 heavy (non-hydrogen) atoms. The molecule has 1 fully saturated rings. The third-order valence-corrected chi connectivity index (χ3v) is 3.52. The highest BCUT2D eigenvalue weighted by atomic mass is 16.4. The summed E-state index contributed by atoms with van der Waals surface area (Å²) in [5.41, 5.74) is 0.232. The summed E-state index contributed by atoms with van der Waals surface area (Å²) < 4.78 is 0. The molecule has 7 nitrogen and oxygen atoms in total. The molecule has 2 amide bonds. The Hall–Kier alpha value is -2.44. The van der Waals surface area contributed by atoms with E-state index in [0.29, 0.717) is 31.5 Å². The SMILES string of the molecule is CC(=O)N1CCC(NC(=O)c2ccc(C(=O)O)nc2)CC1. The zero-order valence-corrected chi connectivity index (χ0v) is 11.7. The Morgan fingerprint density at radius 3 is 2.43 bits per heavy atom. The summed E-state index contributed by atoms with van der Waals surface area (Å²) in [7, 11) is 0. The number of carbonyl (C=O) groups excluding carboxylic acids is 2. The van der Waals surface area contributed by atoms with Gasteiger partial charge in [0.15, 0.2) is 0 Å². The number of aromatic carboxylic acids is 1. The number of nitrogens with zero attached hydrogens (tertiary/aromatic N) is 2. The summed E-state index contributed by atoms with van der Waals surface area (Å²) in [5.74, 6) is -1.35. The molecule has 0 saturated carbocycles. The number of piperidine rings is 1. The van der Waals surface area contributed by atoms with Gasteiger partial charge in [0.05, 0.1) is 5.56 Å². The van der Waals surface area contributed by atoms with Crippen molar-refractivity contribution in [3.63, 3.8) is 0 Å². The van der Waals surface area contributed by atoms with Crippen molar-refractivity contribution >= 4 is 17.8 Å². The van der Waals surface area contributed by atoms with Gasteiger partial charge in [0.2, 0.25) is 5.91 Å². The van der Waals surface area contributed by atoms with Gasteiger partial charge in [-0.3, -0.25) is 9.59 Å². The molecule has 1 saturated heterocycles. The summed E-state index contributed by atoms with van der Waals surface area (Å²) in [5, 5.41) is 11.6. The topological polar surface area (TPSA) is 99.6 Å². The second-order valence-electron chi connectivity index (χ2n) is 4.99. The van der Waals surface area contributed by atoms with Crippen molar-refractivity contribution in [3.05, 3.63) is 29.6 Å². The molecule has 0 bridgehead atoms. The molecular weight excluding hydrogens is 274 g/mol.